The molecule has 0 fully saturated rings. The lowest BCUT2D eigenvalue weighted by Crippen LogP contribution is -2.10. The highest BCUT2D eigenvalue weighted by Crippen LogP contribution is 2.29. The van der Waals surface area contributed by atoms with Crippen molar-refractivity contribution in [2.24, 2.45) is 7.05 Å². The molecule has 2 rings (SSSR count). The van der Waals surface area contributed by atoms with Crippen molar-refractivity contribution in [1.29, 1.82) is 0 Å². The van der Waals surface area contributed by atoms with E-state index in [1.165, 1.54) is 17.3 Å². The molecule has 2 aromatic rings. The van der Waals surface area contributed by atoms with E-state index >= 15 is 0 Å². The standard InChI is InChI=1S/C10H14N6O2/c1-6(2)17-8-7(11)9(13-4-12-8)18-10-14-5-16(3)15-10/h4-6H,11H2,1-3H3. The third-order valence-electron chi connectivity index (χ3n) is 1.92. The van der Waals surface area contributed by atoms with E-state index in [2.05, 4.69) is 20.1 Å². The molecule has 0 unspecified atom stereocenters. The lowest BCUT2D eigenvalue weighted by molar-refractivity contribution is 0.232. The van der Waals surface area contributed by atoms with Gasteiger partial charge in [-0.2, -0.15) is 15.0 Å². The lowest BCUT2D eigenvalue weighted by Gasteiger charge is -2.11. The Balaban J connectivity index is 2.23. The van der Waals surface area contributed by atoms with Gasteiger partial charge < -0.3 is 15.2 Å². The molecule has 0 amide bonds. The zero-order valence-electron chi connectivity index (χ0n) is 10.4. The topological polar surface area (TPSA) is 101 Å². The molecule has 0 saturated carbocycles. The van der Waals surface area contributed by atoms with Crippen molar-refractivity contribution < 1.29 is 9.47 Å². The number of anilines is 1. The van der Waals surface area contributed by atoms with Gasteiger partial charge in [0.25, 0.3) is 5.88 Å². The fraction of sp³-hybridized carbons (Fsp3) is 0.400. The first-order valence-electron chi connectivity index (χ1n) is 5.37. The van der Waals surface area contributed by atoms with Crippen LogP contribution in [0.1, 0.15) is 13.8 Å². The van der Waals surface area contributed by atoms with Crippen LogP contribution in [-0.4, -0.2) is 30.8 Å². The normalized spacial score (nSPS) is 10.7. The maximum atomic E-state index is 5.85. The molecule has 0 aliphatic rings. The van der Waals surface area contributed by atoms with Crippen LogP contribution >= 0.6 is 0 Å². The number of hydrogen-bond acceptors (Lipinski definition) is 7. The molecule has 0 saturated heterocycles. The summed E-state index contributed by atoms with van der Waals surface area (Å²) in [5, 5.41) is 3.96. The number of ether oxygens (including phenoxy) is 2. The predicted molar refractivity (Wildman–Crippen MR) is 63.3 cm³/mol. The van der Waals surface area contributed by atoms with Crippen LogP contribution in [0.5, 0.6) is 17.8 Å². The maximum absolute atomic E-state index is 5.85. The van der Waals surface area contributed by atoms with Gasteiger partial charge in [0.15, 0.2) is 5.69 Å². The van der Waals surface area contributed by atoms with Gasteiger partial charge in [-0.3, -0.25) is 4.68 Å². The first-order chi connectivity index (χ1) is 8.56. The van der Waals surface area contributed by atoms with Crippen molar-refractivity contribution in [3.63, 3.8) is 0 Å². The van der Waals surface area contributed by atoms with Crippen LogP contribution in [-0.2, 0) is 7.05 Å². The number of hydrogen-bond donors (Lipinski definition) is 1. The van der Waals surface area contributed by atoms with Gasteiger partial charge in [-0.15, -0.1) is 5.10 Å². The molecule has 0 aromatic carbocycles. The van der Waals surface area contributed by atoms with E-state index < -0.39 is 0 Å². The fourth-order valence-electron chi connectivity index (χ4n) is 1.22. The zero-order chi connectivity index (χ0) is 13.1. The Labute approximate surface area is 104 Å². The first kappa shape index (κ1) is 12.1. The van der Waals surface area contributed by atoms with E-state index in [0.29, 0.717) is 0 Å². The van der Waals surface area contributed by atoms with Gasteiger partial charge in [-0.25, -0.2) is 0 Å². The number of aryl methyl sites for hydroxylation is 1. The van der Waals surface area contributed by atoms with E-state index in [9.17, 15) is 0 Å². The summed E-state index contributed by atoms with van der Waals surface area (Å²) in [7, 11) is 1.73. The molecule has 0 aliphatic carbocycles. The second-order valence-corrected chi connectivity index (χ2v) is 3.87. The van der Waals surface area contributed by atoms with Gasteiger partial charge in [-0.1, -0.05) is 0 Å². The average molecular weight is 250 g/mol. The van der Waals surface area contributed by atoms with Crippen molar-refractivity contribution in [1.82, 2.24) is 24.7 Å². The van der Waals surface area contributed by atoms with Crippen molar-refractivity contribution >= 4 is 5.69 Å². The van der Waals surface area contributed by atoms with Crippen molar-refractivity contribution in [3.05, 3.63) is 12.7 Å². The fourth-order valence-corrected chi connectivity index (χ4v) is 1.22. The second kappa shape index (κ2) is 4.86. The largest absolute Gasteiger partial charge is 0.473 e. The SMILES string of the molecule is CC(C)Oc1ncnc(Oc2ncn(C)n2)c1N. The van der Waals surface area contributed by atoms with Gasteiger partial charge in [-0.05, 0) is 13.8 Å². The third-order valence-corrected chi connectivity index (χ3v) is 1.92. The first-order valence-corrected chi connectivity index (χ1v) is 5.37. The Morgan fingerprint density at radius 2 is 1.94 bits per heavy atom. The average Bonchev–Trinajstić information content (AvgIpc) is 2.69. The third kappa shape index (κ3) is 2.65. The van der Waals surface area contributed by atoms with Gasteiger partial charge in [0.05, 0.1) is 6.10 Å². The quantitative estimate of drug-likeness (QED) is 0.854. The zero-order valence-corrected chi connectivity index (χ0v) is 10.4. The van der Waals surface area contributed by atoms with Gasteiger partial charge >= 0.3 is 6.01 Å². The second-order valence-electron chi connectivity index (χ2n) is 3.87. The molecular weight excluding hydrogens is 236 g/mol. The number of nitrogens with zero attached hydrogens (tertiary/aromatic N) is 5. The highest BCUT2D eigenvalue weighted by atomic mass is 16.5. The molecule has 0 radical (unpaired) electrons. The van der Waals surface area contributed by atoms with Gasteiger partial charge in [0, 0.05) is 7.05 Å². The van der Waals surface area contributed by atoms with Crippen LogP contribution in [0.15, 0.2) is 12.7 Å². The number of rotatable bonds is 4. The summed E-state index contributed by atoms with van der Waals surface area (Å²) < 4.78 is 12.3. The van der Waals surface area contributed by atoms with Crippen LogP contribution in [0.2, 0.25) is 0 Å². The molecule has 0 aliphatic heterocycles. The van der Waals surface area contributed by atoms with Crippen LogP contribution in [0.3, 0.4) is 0 Å². The molecule has 0 bridgehead atoms. The molecule has 0 spiro atoms. The Morgan fingerprint density at radius 3 is 2.56 bits per heavy atom. The Kier molecular flexibility index (Phi) is 3.26. The summed E-state index contributed by atoms with van der Waals surface area (Å²) in [6.07, 6.45) is 2.79. The van der Waals surface area contributed by atoms with Crippen molar-refractivity contribution in [3.8, 4) is 17.8 Å². The summed E-state index contributed by atoms with van der Waals surface area (Å²) in [5.74, 6) is 0.456. The molecule has 2 heterocycles. The molecule has 2 N–H and O–H groups in total. The van der Waals surface area contributed by atoms with Crippen molar-refractivity contribution in [2.75, 3.05) is 5.73 Å². The smallest absolute Gasteiger partial charge is 0.342 e. The summed E-state index contributed by atoms with van der Waals surface area (Å²) in [4.78, 5) is 11.8. The van der Waals surface area contributed by atoms with Crippen molar-refractivity contribution in [2.45, 2.75) is 20.0 Å². The Hall–Kier alpha value is -2.38. The minimum absolute atomic E-state index is 0.0389. The van der Waals surface area contributed by atoms with E-state index in [1.807, 2.05) is 13.8 Å². The summed E-state index contributed by atoms with van der Waals surface area (Å²) in [5.41, 5.74) is 6.07. The minimum atomic E-state index is -0.0389. The van der Waals surface area contributed by atoms with Gasteiger partial charge in [0.1, 0.15) is 12.7 Å². The highest BCUT2D eigenvalue weighted by Gasteiger charge is 2.14. The van der Waals surface area contributed by atoms with Crippen LogP contribution < -0.4 is 15.2 Å². The van der Waals surface area contributed by atoms with E-state index in [0.717, 1.165) is 0 Å². The van der Waals surface area contributed by atoms with Crippen LogP contribution in [0.4, 0.5) is 5.69 Å². The Morgan fingerprint density at radius 1 is 1.22 bits per heavy atom. The Bertz CT molecular complexity index is 539. The molecule has 96 valence electrons. The van der Waals surface area contributed by atoms with E-state index in [1.54, 1.807) is 7.05 Å². The molecule has 8 nitrogen and oxygen atoms in total. The summed E-state index contributed by atoms with van der Waals surface area (Å²) in [6.45, 7) is 3.75. The van der Waals surface area contributed by atoms with Crippen LogP contribution in [0.25, 0.3) is 0 Å². The maximum Gasteiger partial charge on any atom is 0.342 e. The summed E-state index contributed by atoms with van der Waals surface area (Å²) >= 11 is 0. The van der Waals surface area contributed by atoms with E-state index in [-0.39, 0.29) is 29.6 Å². The molecular formula is C10H14N6O2. The summed E-state index contributed by atoms with van der Waals surface area (Å²) in [6, 6.07) is 0.165. The lowest BCUT2D eigenvalue weighted by atomic mass is 10.4. The van der Waals surface area contributed by atoms with Gasteiger partial charge in [0.2, 0.25) is 5.88 Å². The molecule has 2 aromatic heterocycles. The van der Waals surface area contributed by atoms with E-state index in [4.69, 9.17) is 15.2 Å². The monoisotopic (exact) mass is 250 g/mol. The number of nitrogen functional groups attached to an aromatic ring is 1. The number of nitrogens with two attached hydrogens (primary N) is 1. The molecule has 18 heavy (non-hydrogen) atoms. The molecule has 8 heteroatoms. The minimum Gasteiger partial charge on any atom is -0.473 e. The van der Waals surface area contributed by atoms with Crippen LogP contribution in [0, 0.1) is 0 Å². The number of aromatic nitrogens is 5. The highest BCUT2D eigenvalue weighted by molar-refractivity contribution is 5.56. The predicted octanol–water partition coefficient (Wildman–Crippen LogP) is 0.767. The molecule has 0 atom stereocenters.